The number of hydrogen-bond donors (Lipinski definition) is 1. The zero-order valence-corrected chi connectivity index (χ0v) is 11.2. The maximum Gasteiger partial charge on any atom is 0.250 e. The molecule has 0 saturated heterocycles. The minimum absolute atomic E-state index is 0.0380. The van der Waals surface area contributed by atoms with Gasteiger partial charge in [0.1, 0.15) is 0 Å². The molecule has 0 aliphatic heterocycles. The first-order valence-electron chi connectivity index (χ1n) is 5.50. The van der Waals surface area contributed by atoms with Crippen LogP contribution >= 0.6 is 23.4 Å². The first-order valence-corrected chi connectivity index (χ1v) is 6.86. The smallest absolute Gasteiger partial charge is 0.250 e. The van der Waals surface area contributed by atoms with Crippen molar-refractivity contribution in [3.8, 4) is 0 Å². The highest BCUT2D eigenvalue weighted by atomic mass is 35.5. The van der Waals surface area contributed by atoms with Crippen LogP contribution in [0.2, 0.25) is 5.02 Å². The second kappa shape index (κ2) is 5.98. The summed E-state index contributed by atoms with van der Waals surface area (Å²) in [6.07, 6.45) is 1.66. The lowest BCUT2D eigenvalue weighted by Crippen LogP contribution is -2.19. The fourth-order valence-electron chi connectivity index (χ4n) is 1.54. The maximum atomic E-state index is 11.6. The lowest BCUT2D eigenvalue weighted by Gasteiger charge is -2.07. The van der Waals surface area contributed by atoms with Crippen LogP contribution in [-0.4, -0.2) is 10.3 Å². The predicted octanol–water partition coefficient (Wildman–Crippen LogP) is 2.88. The summed E-state index contributed by atoms with van der Waals surface area (Å²) in [7, 11) is 0. The van der Waals surface area contributed by atoms with Crippen molar-refractivity contribution in [3.05, 3.63) is 58.0 Å². The molecule has 0 unspecified atom stereocenters. The van der Waals surface area contributed by atoms with E-state index in [-0.39, 0.29) is 5.56 Å². The molecule has 2 rings (SSSR count). The van der Waals surface area contributed by atoms with E-state index in [1.807, 2.05) is 24.3 Å². The normalized spacial score (nSPS) is 10.5. The Labute approximate surface area is 115 Å². The van der Waals surface area contributed by atoms with Crippen LogP contribution in [0, 0.1) is 0 Å². The van der Waals surface area contributed by atoms with Crippen molar-refractivity contribution in [1.82, 2.24) is 4.57 Å². The molecule has 0 amide bonds. The van der Waals surface area contributed by atoms with Gasteiger partial charge in [0.05, 0.1) is 5.02 Å². The van der Waals surface area contributed by atoms with E-state index in [9.17, 15) is 4.79 Å². The molecule has 5 heteroatoms. The number of pyridine rings is 1. The van der Waals surface area contributed by atoms with E-state index in [1.54, 1.807) is 28.6 Å². The van der Waals surface area contributed by atoms with Gasteiger partial charge >= 0.3 is 0 Å². The van der Waals surface area contributed by atoms with Crippen LogP contribution in [0.3, 0.4) is 0 Å². The van der Waals surface area contributed by atoms with Gasteiger partial charge in [-0.2, -0.15) is 0 Å². The third kappa shape index (κ3) is 3.31. The minimum atomic E-state index is -0.0380. The average Bonchev–Trinajstić information content (AvgIpc) is 2.36. The summed E-state index contributed by atoms with van der Waals surface area (Å²) < 4.78 is 1.61. The van der Waals surface area contributed by atoms with Crippen LogP contribution in [0.15, 0.2) is 52.3 Å². The van der Waals surface area contributed by atoms with E-state index in [0.717, 1.165) is 15.7 Å². The quantitative estimate of drug-likeness (QED) is 0.876. The SMILES string of the molecule is Nc1ccc(=O)n(CCSc2ccccc2Cl)c1. The summed E-state index contributed by atoms with van der Waals surface area (Å²) in [6.45, 7) is 0.611. The fourth-order valence-corrected chi connectivity index (χ4v) is 2.73. The molecule has 0 fully saturated rings. The number of halogens is 1. The van der Waals surface area contributed by atoms with E-state index < -0.39 is 0 Å². The van der Waals surface area contributed by atoms with Gasteiger partial charge < -0.3 is 10.3 Å². The molecule has 0 aliphatic carbocycles. The molecule has 2 N–H and O–H groups in total. The Morgan fingerprint density at radius 2 is 2.00 bits per heavy atom. The van der Waals surface area contributed by atoms with Crippen molar-refractivity contribution < 1.29 is 0 Å². The molecule has 1 aromatic carbocycles. The number of rotatable bonds is 4. The Morgan fingerprint density at radius 1 is 1.22 bits per heavy atom. The van der Waals surface area contributed by atoms with Gasteiger partial charge in [0.25, 0.3) is 5.56 Å². The van der Waals surface area contributed by atoms with Gasteiger partial charge in [0.2, 0.25) is 0 Å². The Bertz CT molecular complexity index is 598. The van der Waals surface area contributed by atoms with Crippen LogP contribution in [0.4, 0.5) is 5.69 Å². The second-order valence-electron chi connectivity index (χ2n) is 3.77. The minimum Gasteiger partial charge on any atom is -0.398 e. The summed E-state index contributed by atoms with van der Waals surface area (Å²) in [6, 6.07) is 10.8. The van der Waals surface area contributed by atoms with Gasteiger partial charge in [-0.3, -0.25) is 4.79 Å². The van der Waals surface area contributed by atoms with Crippen LogP contribution < -0.4 is 11.3 Å². The molecular weight excluding hydrogens is 268 g/mol. The Hall–Kier alpha value is -1.39. The molecule has 0 aliphatic rings. The van der Waals surface area contributed by atoms with Gasteiger partial charge in [-0.05, 0) is 18.2 Å². The van der Waals surface area contributed by atoms with Crippen molar-refractivity contribution in [2.24, 2.45) is 0 Å². The lowest BCUT2D eigenvalue weighted by molar-refractivity contribution is 0.737. The zero-order valence-electron chi connectivity index (χ0n) is 9.67. The van der Waals surface area contributed by atoms with Crippen molar-refractivity contribution in [2.75, 3.05) is 11.5 Å². The molecule has 18 heavy (non-hydrogen) atoms. The van der Waals surface area contributed by atoms with Crippen molar-refractivity contribution in [2.45, 2.75) is 11.4 Å². The first-order chi connectivity index (χ1) is 8.66. The van der Waals surface area contributed by atoms with Crippen LogP contribution in [0.25, 0.3) is 0 Å². The molecule has 0 bridgehead atoms. The van der Waals surface area contributed by atoms with E-state index in [1.165, 1.54) is 6.07 Å². The van der Waals surface area contributed by atoms with Gasteiger partial charge in [0.15, 0.2) is 0 Å². The monoisotopic (exact) mass is 280 g/mol. The highest BCUT2D eigenvalue weighted by Crippen LogP contribution is 2.26. The molecule has 0 atom stereocenters. The Morgan fingerprint density at radius 3 is 2.78 bits per heavy atom. The second-order valence-corrected chi connectivity index (χ2v) is 5.32. The summed E-state index contributed by atoms with van der Waals surface area (Å²) in [4.78, 5) is 12.6. The predicted molar refractivity (Wildman–Crippen MR) is 77.3 cm³/mol. The van der Waals surface area contributed by atoms with Gasteiger partial charge in [0, 0.05) is 35.1 Å². The number of benzene rings is 1. The molecule has 2 aromatic rings. The van der Waals surface area contributed by atoms with E-state index in [4.69, 9.17) is 17.3 Å². The highest BCUT2D eigenvalue weighted by Gasteiger charge is 2.01. The van der Waals surface area contributed by atoms with E-state index >= 15 is 0 Å². The first kappa shape index (κ1) is 13.1. The molecular formula is C13H13ClN2OS. The number of nitrogens with zero attached hydrogens (tertiary/aromatic N) is 1. The summed E-state index contributed by atoms with van der Waals surface area (Å²) in [5.74, 6) is 0.771. The molecule has 0 spiro atoms. The molecule has 0 radical (unpaired) electrons. The number of aromatic nitrogens is 1. The molecule has 0 saturated carbocycles. The largest absolute Gasteiger partial charge is 0.398 e. The van der Waals surface area contributed by atoms with E-state index in [2.05, 4.69) is 0 Å². The zero-order chi connectivity index (χ0) is 13.0. The van der Waals surface area contributed by atoms with Crippen molar-refractivity contribution in [1.29, 1.82) is 0 Å². The Kier molecular flexibility index (Phi) is 4.33. The average molecular weight is 281 g/mol. The standard InChI is InChI=1S/C13H13ClN2OS/c14-11-3-1-2-4-12(11)18-8-7-16-9-10(15)5-6-13(16)17/h1-6,9H,7-8,15H2. The lowest BCUT2D eigenvalue weighted by atomic mass is 10.4. The number of aryl methyl sites for hydroxylation is 1. The third-order valence-electron chi connectivity index (χ3n) is 2.43. The fraction of sp³-hybridized carbons (Fsp3) is 0.154. The van der Waals surface area contributed by atoms with Crippen molar-refractivity contribution in [3.63, 3.8) is 0 Å². The van der Waals surface area contributed by atoms with E-state index in [0.29, 0.717) is 12.2 Å². The number of anilines is 1. The summed E-state index contributed by atoms with van der Waals surface area (Å²) >= 11 is 7.68. The summed E-state index contributed by atoms with van der Waals surface area (Å²) in [5, 5.41) is 0.738. The number of nitrogens with two attached hydrogens (primary N) is 1. The number of thioether (sulfide) groups is 1. The van der Waals surface area contributed by atoms with Crippen molar-refractivity contribution >= 4 is 29.1 Å². The summed E-state index contributed by atoms with van der Waals surface area (Å²) in [5.41, 5.74) is 6.20. The maximum absolute atomic E-state index is 11.6. The van der Waals surface area contributed by atoms with Gasteiger partial charge in [-0.15, -0.1) is 11.8 Å². The van der Waals surface area contributed by atoms with Crippen LogP contribution in [0.5, 0.6) is 0 Å². The molecule has 1 heterocycles. The molecule has 94 valence electrons. The number of nitrogen functional groups attached to an aromatic ring is 1. The van der Waals surface area contributed by atoms with Crippen LogP contribution in [0.1, 0.15) is 0 Å². The topological polar surface area (TPSA) is 48.0 Å². The highest BCUT2D eigenvalue weighted by molar-refractivity contribution is 7.99. The van der Waals surface area contributed by atoms with Gasteiger partial charge in [-0.1, -0.05) is 23.7 Å². The Balaban J connectivity index is 1.99. The molecule has 1 aromatic heterocycles. The van der Waals surface area contributed by atoms with Gasteiger partial charge in [-0.25, -0.2) is 0 Å². The van der Waals surface area contributed by atoms with Crippen LogP contribution in [-0.2, 0) is 6.54 Å². The number of hydrogen-bond acceptors (Lipinski definition) is 3. The molecule has 3 nitrogen and oxygen atoms in total. The third-order valence-corrected chi connectivity index (χ3v) is 3.93.